The Labute approximate surface area is 149 Å². The SMILES string of the molecule is COc1cc(C)c(C(=O)N(C)Cc2ccc(Cl)cc2)cc1C(C)C. The number of carbonyl (C=O) groups is 1. The smallest absolute Gasteiger partial charge is 0.254 e. The van der Waals surface area contributed by atoms with Crippen molar-refractivity contribution in [2.45, 2.75) is 33.2 Å². The van der Waals surface area contributed by atoms with E-state index in [4.69, 9.17) is 16.3 Å². The predicted octanol–water partition coefficient (Wildman–Crippen LogP) is 5.05. The number of methoxy groups -OCH3 is 1. The zero-order valence-electron chi connectivity index (χ0n) is 14.9. The molecule has 0 bridgehead atoms. The molecule has 4 heteroatoms. The number of ether oxygens (including phenoxy) is 1. The Morgan fingerprint density at radius 3 is 2.38 bits per heavy atom. The second-order valence-corrected chi connectivity index (χ2v) is 6.79. The molecule has 0 atom stereocenters. The van der Waals surface area contributed by atoms with Gasteiger partial charge < -0.3 is 9.64 Å². The van der Waals surface area contributed by atoms with Crippen LogP contribution >= 0.6 is 11.6 Å². The molecule has 0 saturated heterocycles. The summed E-state index contributed by atoms with van der Waals surface area (Å²) in [6.07, 6.45) is 0. The van der Waals surface area contributed by atoms with Gasteiger partial charge in [0.25, 0.3) is 5.91 Å². The molecule has 0 unspecified atom stereocenters. The van der Waals surface area contributed by atoms with E-state index in [0.29, 0.717) is 11.6 Å². The van der Waals surface area contributed by atoms with E-state index < -0.39 is 0 Å². The Kier molecular flexibility index (Phi) is 5.89. The molecule has 0 saturated carbocycles. The van der Waals surface area contributed by atoms with Crippen LogP contribution in [0.1, 0.15) is 46.8 Å². The van der Waals surface area contributed by atoms with Crippen molar-refractivity contribution in [3.8, 4) is 5.75 Å². The van der Waals surface area contributed by atoms with Gasteiger partial charge in [-0.25, -0.2) is 0 Å². The molecule has 0 aromatic heterocycles. The summed E-state index contributed by atoms with van der Waals surface area (Å²) >= 11 is 5.91. The highest BCUT2D eigenvalue weighted by molar-refractivity contribution is 6.30. The number of aryl methyl sites for hydroxylation is 1. The molecule has 0 aliphatic heterocycles. The first kappa shape index (κ1) is 18.3. The number of rotatable bonds is 5. The molecule has 0 heterocycles. The van der Waals surface area contributed by atoms with Gasteiger partial charge in [-0.3, -0.25) is 4.79 Å². The van der Waals surface area contributed by atoms with Crippen molar-refractivity contribution < 1.29 is 9.53 Å². The maximum absolute atomic E-state index is 12.9. The largest absolute Gasteiger partial charge is 0.496 e. The van der Waals surface area contributed by atoms with Gasteiger partial charge in [0.15, 0.2) is 0 Å². The highest BCUT2D eigenvalue weighted by atomic mass is 35.5. The van der Waals surface area contributed by atoms with E-state index in [1.807, 2.05) is 50.4 Å². The van der Waals surface area contributed by atoms with Gasteiger partial charge in [-0.05, 0) is 53.8 Å². The predicted molar refractivity (Wildman–Crippen MR) is 99.1 cm³/mol. The summed E-state index contributed by atoms with van der Waals surface area (Å²) in [6, 6.07) is 11.5. The highest BCUT2D eigenvalue weighted by Crippen LogP contribution is 2.30. The molecule has 0 aliphatic rings. The topological polar surface area (TPSA) is 29.5 Å². The Hall–Kier alpha value is -2.00. The number of hydrogen-bond donors (Lipinski definition) is 0. The van der Waals surface area contributed by atoms with Crippen LogP contribution in [-0.2, 0) is 6.54 Å². The molecule has 0 N–H and O–H groups in total. The van der Waals surface area contributed by atoms with Gasteiger partial charge >= 0.3 is 0 Å². The fourth-order valence-corrected chi connectivity index (χ4v) is 2.82. The van der Waals surface area contributed by atoms with Crippen molar-refractivity contribution in [3.05, 3.63) is 63.7 Å². The zero-order chi connectivity index (χ0) is 17.9. The molecular formula is C20H24ClNO2. The second kappa shape index (κ2) is 7.71. The van der Waals surface area contributed by atoms with Crippen LogP contribution in [0.3, 0.4) is 0 Å². The first-order chi connectivity index (χ1) is 11.3. The molecular weight excluding hydrogens is 322 g/mol. The molecule has 0 spiro atoms. The van der Waals surface area contributed by atoms with Crippen LogP contribution < -0.4 is 4.74 Å². The number of carbonyl (C=O) groups excluding carboxylic acids is 1. The molecule has 1 amide bonds. The van der Waals surface area contributed by atoms with Gasteiger partial charge in [0.05, 0.1) is 7.11 Å². The van der Waals surface area contributed by atoms with Crippen molar-refractivity contribution in [1.29, 1.82) is 0 Å². The van der Waals surface area contributed by atoms with Gasteiger partial charge in [0.2, 0.25) is 0 Å². The van der Waals surface area contributed by atoms with E-state index in [0.717, 1.165) is 28.0 Å². The molecule has 2 rings (SSSR count). The van der Waals surface area contributed by atoms with Crippen molar-refractivity contribution in [1.82, 2.24) is 4.90 Å². The quantitative estimate of drug-likeness (QED) is 0.758. The van der Waals surface area contributed by atoms with Crippen molar-refractivity contribution in [2.24, 2.45) is 0 Å². The van der Waals surface area contributed by atoms with Crippen LogP contribution in [0.25, 0.3) is 0 Å². The summed E-state index contributed by atoms with van der Waals surface area (Å²) in [7, 11) is 3.48. The van der Waals surface area contributed by atoms with E-state index in [1.165, 1.54) is 0 Å². The lowest BCUT2D eigenvalue weighted by molar-refractivity contribution is 0.0784. The summed E-state index contributed by atoms with van der Waals surface area (Å²) in [5.41, 5.74) is 3.73. The number of benzene rings is 2. The first-order valence-electron chi connectivity index (χ1n) is 8.02. The maximum atomic E-state index is 12.9. The Morgan fingerprint density at radius 1 is 1.21 bits per heavy atom. The van der Waals surface area contributed by atoms with Crippen LogP contribution in [0, 0.1) is 6.92 Å². The summed E-state index contributed by atoms with van der Waals surface area (Å²) in [5.74, 6) is 1.13. The molecule has 0 radical (unpaired) electrons. The maximum Gasteiger partial charge on any atom is 0.254 e. The van der Waals surface area contributed by atoms with E-state index in [-0.39, 0.29) is 11.8 Å². The minimum atomic E-state index is 0.00648. The normalized spacial score (nSPS) is 10.8. The lowest BCUT2D eigenvalue weighted by Crippen LogP contribution is -2.27. The third-order valence-electron chi connectivity index (χ3n) is 4.11. The van der Waals surface area contributed by atoms with E-state index in [2.05, 4.69) is 13.8 Å². The standard InChI is InChI=1S/C20H24ClNO2/c1-13(2)17-11-18(14(3)10-19(17)24-5)20(23)22(4)12-15-6-8-16(21)9-7-15/h6-11,13H,12H2,1-5H3. The number of amides is 1. The zero-order valence-corrected chi connectivity index (χ0v) is 15.6. The molecule has 3 nitrogen and oxygen atoms in total. The lowest BCUT2D eigenvalue weighted by Gasteiger charge is -2.21. The van der Waals surface area contributed by atoms with Crippen LogP contribution in [-0.4, -0.2) is 25.0 Å². The van der Waals surface area contributed by atoms with Gasteiger partial charge in [0.1, 0.15) is 5.75 Å². The van der Waals surface area contributed by atoms with Crippen LogP contribution in [0.15, 0.2) is 36.4 Å². The molecule has 2 aromatic carbocycles. The molecule has 0 aliphatic carbocycles. The van der Waals surface area contributed by atoms with Crippen LogP contribution in [0.4, 0.5) is 0 Å². The van der Waals surface area contributed by atoms with Gasteiger partial charge in [-0.2, -0.15) is 0 Å². The van der Waals surface area contributed by atoms with E-state index >= 15 is 0 Å². The Balaban J connectivity index is 2.27. The number of halogens is 1. The second-order valence-electron chi connectivity index (χ2n) is 6.35. The van der Waals surface area contributed by atoms with Crippen LogP contribution in [0.5, 0.6) is 5.75 Å². The third kappa shape index (κ3) is 4.09. The summed E-state index contributed by atoms with van der Waals surface area (Å²) < 4.78 is 5.45. The van der Waals surface area contributed by atoms with E-state index in [9.17, 15) is 4.79 Å². The van der Waals surface area contributed by atoms with Gasteiger partial charge in [-0.15, -0.1) is 0 Å². The summed E-state index contributed by atoms with van der Waals surface area (Å²) in [5, 5.41) is 0.695. The minimum Gasteiger partial charge on any atom is -0.496 e. The molecule has 2 aromatic rings. The molecule has 24 heavy (non-hydrogen) atoms. The third-order valence-corrected chi connectivity index (χ3v) is 4.36. The highest BCUT2D eigenvalue weighted by Gasteiger charge is 2.18. The van der Waals surface area contributed by atoms with Crippen LogP contribution in [0.2, 0.25) is 5.02 Å². The van der Waals surface area contributed by atoms with Gasteiger partial charge in [0, 0.05) is 24.2 Å². The number of hydrogen-bond acceptors (Lipinski definition) is 2. The molecule has 128 valence electrons. The summed E-state index contributed by atoms with van der Waals surface area (Å²) in [4.78, 5) is 14.6. The Morgan fingerprint density at radius 2 is 1.83 bits per heavy atom. The molecule has 0 fully saturated rings. The van der Waals surface area contributed by atoms with Gasteiger partial charge in [-0.1, -0.05) is 37.6 Å². The first-order valence-corrected chi connectivity index (χ1v) is 8.39. The van der Waals surface area contributed by atoms with Crippen molar-refractivity contribution in [3.63, 3.8) is 0 Å². The number of nitrogens with zero attached hydrogens (tertiary/aromatic N) is 1. The van der Waals surface area contributed by atoms with Crippen molar-refractivity contribution in [2.75, 3.05) is 14.2 Å². The van der Waals surface area contributed by atoms with E-state index in [1.54, 1.807) is 12.0 Å². The average Bonchev–Trinajstić information content (AvgIpc) is 2.55. The Bertz CT molecular complexity index is 723. The lowest BCUT2D eigenvalue weighted by atomic mass is 9.96. The monoisotopic (exact) mass is 345 g/mol. The summed E-state index contributed by atoms with van der Waals surface area (Å²) in [6.45, 7) is 6.67. The fraction of sp³-hybridized carbons (Fsp3) is 0.350. The fourth-order valence-electron chi connectivity index (χ4n) is 2.70. The minimum absolute atomic E-state index is 0.00648. The average molecular weight is 346 g/mol. The van der Waals surface area contributed by atoms with Crippen molar-refractivity contribution >= 4 is 17.5 Å².